The molecule has 4 nitrogen and oxygen atoms in total. The van der Waals surface area contributed by atoms with E-state index in [1.807, 2.05) is 0 Å². The molecule has 1 aromatic rings. The maximum Gasteiger partial charge on any atom is 0.573 e. The Labute approximate surface area is 114 Å². The van der Waals surface area contributed by atoms with Gasteiger partial charge in [0.05, 0.1) is 5.75 Å². The van der Waals surface area contributed by atoms with E-state index in [9.17, 15) is 21.6 Å². The number of nitrogens with one attached hydrogen (secondary N) is 1. The van der Waals surface area contributed by atoms with Gasteiger partial charge in [-0.3, -0.25) is 0 Å². The number of halogens is 3. The van der Waals surface area contributed by atoms with Crippen LogP contribution < -0.4 is 10.1 Å². The monoisotopic (exact) mass is 309 g/mol. The van der Waals surface area contributed by atoms with Crippen LogP contribution in [0.25, 0.3) is 0 Å². The molecule has 0 unspecified atom stereocenters. The number of anilines is 1. The lowest BCUT2D eigenvalue weighted by Gasteiger charge is -2.27. The maximum atomic E-state index is 12.1. The van der Waals surface area contributed by atoms with E-state index in [4.69, 9.17) is 0 Å². The summed E-state index contributed by atoms with van der Waals surface area (Å²) in [6.45, 7) is 0. The molecule has 0 aromatic heterocycles. The van der Waals surface area contributed by atoms with Crippen LogP contribution in [0.1, 0.15) is 12.0 Å². The molecule has 1 atom stereocenters. The number of sulfone groups is 1. The summed E-state index contributed by atoms with van der Waals surface area (Å²) in [6, 6.07) is 3.80. The molecule has 20 heavy (non-hydrogen) atoms. The molecule has 0 radical (unpaired) electrons. The van der Waals surface area contributed by atoms with Crippen LogP contribution in [0.4, 0.5) is 18.9 Å². The van der Waals surface area contributed by atoms with Crippen molar-refractivity contribution in [3.8, 4) is 5.75 Å². The van der Waals surface area contributed by atoms with Crippen LogP contribution in [0, 0.1) is 0 Å². The summed E-state index contributed by atoms with van der Waals surface area (Å²) in [5, 5.41) is 3.03. The van der Waals surface area contributed by atoms with Crippen molar-refractivity contribution in [2.75, 3.05) is 17.3 Å². The molecular formula is C12H14F3NO3S. The molecule has 0 amide bonds. The molecule has 1 aliphatic rings. The molecule has 2 rings (SSSR count). The van der Waals surface area contributed by atoms with Crippen LogP contribution in [0.2, 0.25) is 0 Å². The standard InChI is InChI=1S/C12H14F3NO3S/c1-20(17,18)7-9-3-2-8-6-10(19-12(13,14)15)4-5-11(8)16-9/h4-6,9,16H,2-3,7H2,1H3/t9-/m1/s1. The Hall–Kier alpha value is -1.44. The second-order valence-electron chi connectivity index (χ2n) is 4.84. The number of hydrogen-bond acceptors (Lipinski definition) is 4. The fraction of sp³-hybridized carbons (Fsp3) is 0.500. The second-order valence-corrected chi connectivity index (χ2v) is 7.02. The van der Waals surface area contributed by atoms with E-state index < -0.39 is 16.2 Å². The van der Waals surface area contributed by atoms with Gasteiger partial charge in [-0.15, -0.1) is 13.2 Å². The Morgan fingerprint density at radius 1 is 1.40 bits per heavy atom. The van der Waals surface area contributed by atoms with E-state index >= 15 is 0 Å². The highest BCUT2D eigenvalue weighted by Crippen LogP contribution is 2.31. The van der Waals surface area contributed by atoms with Gasteiger partial charge in [0.25, 0.3) is 0 Å². The molecule has 112 valence electrons. The summed E-state index contributed by atoms with van der Waals surface area (Å²) in [5.41, 5.74) is 1.34. The van der Waals surface area contributed by atoms with Crippen molar-refractivity contribution in [2.24, 2.45) is 0 Å². The van der Waals surface area contributed by atoms with E-state index in [-0.39, 0.29) is 17.5 Å². The van der Waals surface area contributed by atoms with Gasteiger partial charge in [-0.25, -0.2) is 8.42 Å². The number of hydrogen-bond donors (Lipinski definition) is 1. The predicted molar refractivity (Wildman–Crippen MR) is 68.6 cm³/mol. The first-order valence-corrected chi connectivity index (χ1v) is 8.01. The first kappa shape index (κ1) is 15.0. The number of fused-ring (bicyclic) bond motifs is 1. The molecule has 1 aliphatic heterocycles. The van der Waals surface area contributed by atoms with Crippen LogP contribution in [-0.2, 0) is 16.3 Å². The third kappa shape index (κ3) is 4.29. The number of alkyl halides is 3. The SMILES string of the molecule is CS(=O)(=O)C[C@H]1CCc2cc(OC(F)(F)F)ccc2N1. The van der Waals surface area contributed by atoms with Crippen molar-refractivity contribution >= 4 is 15.5 Å². The third-order valence-corrected chi connectivity index (χ3v) is 3.94. The number of ether oxygens (including phenoxy) is 1. The van der Waals surface area contributed by atoms with Crippen molar-refractivity contribution in [3.05, 3.63) is 23.8 Å². The van der Waals surface area contributed by atoms with E-state index in [0.29, 0.717) is 24.1 Å². The fourth-order valence-electron chi connectivity index (χ4n) is 2.23. The van der Waals surface area contributed by atoms with Gasteiger partial charge in [0.2, 0.25) is 0 Å². The van der Waals surface area contributed by atoms with E-state index in [1.165, 1.54) is 18.2 Å². The van der Waals surface area contributed by atoms with Crippen molar-refractivity contribution in [2.45, 2.75) is 25.2 Å². The Kier molecular flexibility index (Phi) is 3.86. The molecule has 8 heteroatoms. The molecule has 0 fully saturated rings. The zero-order valence-corrected chi connectivity index (χ0v) is 11.5. The van der Waals surface area contributed by atoms with Crippen molar-refractivity contribution in [3.63, 3.8) is 0 Å². The lowest BCUT2D eigenvalue weighted by Crippen LogP contribution is -2.32. The zero-order chi connectivity index (χ0) is 15.0. The van der Waals surface area contributed by atoms with Gasteiger partial charge in [-0.2, -0.15) is 0 Å². The summed E-state index contributed by atoms with van der Waals surface area (Å²) in [7, 11) is -3.09. The second kappa shape index (κ2) is 5.16. The average Bonchev–Trinajstić information content (AvgIpc) is 2.25. The van der Waals surface area contributed by atoms with Gasteiger partial charge < -0.3 is 10.1 Å². The molecule has 0 aliphatic carbocycles. The van der Waals surface area contributed by atoms with Gasteiger partial charge in [0.1, 0.15) is 15.6 Å². The smallest absolute Gasteiger partial charge is 0.406 e. The minimum atomic E-state index is -4.71. The largest absolute Gasteiger partial charge is 0.573 e. The van der Waals surface area contributed by atoms with Crippen molar-refractivity contribution in [1.29, 1.82) is 0 Å². The van der Waals surface area contributed by atoms with Crippen LogP contribution in [0.15, 0.2) is 18.2 Å². The first-order chi connectivity index (χ1) is 9.12. The minimum absolute atomic E-state index is 0.00719. The normalized spacial score (nSPS) is 19.1. The van der Waals surface area contributed by atoms with Crippen molar-refractivity contribution in [1.82, 2.24) is 0 Å². The Morgan fingerprint density at radius 3 is 2.70 bits per heavy atom. The zero-order valence-electron chi connectivity index (χ0n) is 10.7. The van der Waals surface area contributed by atoms with Crippen LogP contribution >= 0.6 is 0 Å². The topological polar surface area (TPSA) is 55.4 Å². The highest BCUT2D eigenvalue weighted by atomic mass is 32.2. The van der Waals surface area contributed by atoms with E-state index in [1.54, 1.807) is 0 Å². The van der Waals surface area contributed by atoms with Crippen molar-refractivity contribution < 1.29 is 26.3 Å². The Balaban J connectivity index is 2.11. The number of aryl methyl sites for hydroxylation is 1. The number of rotatable bonds is 3. The highest BCUT2D eigenvalue weighted by molar-refractivity contribution is 7.90. The average molecular weight is 309 g/mol. The third-order valence-electron chi connectivity index (χ3n) is 2.94. The Bertz CT molecular complexity index is 598. The van der Waals surface area contributed by atoms with Crippen LogP contribution in [0.3, 0.4) is 0 Å². The molecule has 1 heterocycles. The molecular weight excluding hydrogens is 295 g/mol. The maximum absolute atomic E-state index is 12.1. The quantitative estimate of drug-likeness (QED) is 0.931. The van der Waals surface area contributed by atoms with Gasteiger partial charge in [-0.1, -0.05) is 0 Å². The summed E-state index contributed by atoms with van der Waals surface area (Å²) in [5.74, 6) is -0.257. The molecule has 1 N–H and O–H groups in total. The van der Waals surface area contributed by atoms with Crippen LogP contribution in [0.5, 0.6) is 5.75 Å². The van der Waals surface area contributed by atoms with Gasteiger partial charge in [0.15, 0.2) is 0 Å². The fourth-order valence-corrected chi connectivity index (χ4v) is 3.21. The predicted octanol–water partition coefficient (Wildman–Crippen LogP) is 2.36. The molecule has 0 saturated heterocycles. The molecule has 1 aromatic carbocycles. The van der Waals surface area contributed by atoms with Crippen LogP contribution in [-0.4, -0.2) is 32.8 Å². The van der Waals surface area contributed by atoms with E-state index in [2.05, 4.69) is 10.1 Å². The van der Waals surface area contributed by atoms with E-state index in [0.717, 1.165) is 6.26 Å². The minimum Gasteiger partial charge on any atom is -0.406 e. The highest BCUT2D eigenvalue weighted by Gasteiger charge is 2.31. The van der Waals surface area contributed by atoms with Gasteiger partial charge in [0, 0.05) is 18.0 Å². The van der Waals surface area contributed by atoms with Gasteiger partial charge >= 0.3 is 6.36 Å². The molecule has 0 saturated carbocycles. The Morgan fingerprint density at radius 2 is 2.10 bits per heavy atom. The summed E-state index contributed by atoms with van der Waals surface area (Å²) >= 11 is 0. The molecule has 0 bridgehead atoms. The number of benzene rings is 1. The first-order valence-electron chi connectivity index (χ1n) is 5.95. The lowest BCUT2D eigenvalue weighted by atomic mass is 9.99. The summed E-state index contributed by atoms with van der Waals surface area (Å²) in [4.78, 5) is 0. The summed E-state index contributed by atoms with van der Waals surface area (Å²) < 4.78 is 62.7. The van der Waals surface area contributed by atoms with Gasteiger partial charge in [-0.05, 0) is 36.6 Å². The summed E-state index contributed by atoms with van der Waals surface area (Å²) in [6.07, 6.45) is -2.49. The lowest BCUT2D eigenvalue weighted by molar-refractivity contribution is -0.274. The molecule has 0 spiro atoms.